The van der Waals surface area contributed by atoms with E-state index in [1.165, 1.54) is 64.1 Å². The number of aliphatic hydroxyl groups excluding tert-OH is 1. The van der Waals surface area contributed by atoms with E-state index in [4.69, 9.17) is 112 Å². The summed E-state index contributed by atoms with van der Waals surface area (Å²) >= 11 is 35.4. The molecule has 3 fully saturated rings. The number of hydrogen-bond acceptors (Lipinski definition) is 18. The first kappa shape index (κ1) is 58.9. The molecule has 6 rings (SSSR count). The highest BCUT2D eigenvalue weighted by atomic mass is 35.6. The van der Waals surface area contributed by atoms with Crippen LogP contribution < -0.4 is 5.32 Å². The molecule has 11 atom stereocenters. The van der Waals surface area contributed by atoms with Crippen LogP contribution in [-0.2, 0) is 57.0 Å². The molecule has 2 aromatic rings. The van der Waals surface area contributed by atoms with Crippen molar-refractivity contribution in [3.8, 4) is 0 Å². The molecule has 0 radical (unpaired) electrons. The third kappa shape index (κ3) is 12.4. The lowest BCUT2D eigenvalue weighted by Crippen LogP contribution is -2.82. The molecular formula is C49H55Cl6NO18. The predicted octanol–water partition coefficient (Wildman–Crippen LogP) is 8.32. The largest absolute Gasteiger partial charge is 0.509 e. The van der Waals surface area contributed by atoms with E-state index < -0.39 is 159 Å². The van der Waals surface area contributed by atoms with Gasteiger partial charge in [-0.2, -0.15) is 0 Å². The topological polar surface area (TPSA) is 255 Å². The Labute approximate surface area is 455 Å². The Morgan fingerprint density at radius 3 is 1.91 bits per heavy atom. The van der Waals surface area contributed by atoms with Gasteiger partial charge in [-0.15, -0.1) is 0 Å². The van der Waals surface area contributed by atoms with E-state index in [2.05, 4.69) is 5.32 Å². The van der Waals surface area contributed by atoms with E-state index in [9.17, 15) is 39.0 Å². The maximum Gasteiger partial charge on any atom is 0.509 e. The third-order valence-electron chi connectivity index (χ3n) is 13.7. The maximum absolute atomic E-state index is 16.3. The quantitative estimate of drug-likeness (QED) is 0.0781. The van der Waals surface area contributed by atoms with Gasteiger partial charge in [0.2, 0.25) is 7.59 Å². The minimum Gasteiger partial charge on any atom is -0.456 e. The molecule has 2 saturated carbocycles. The fourth-order valence-corrected chi connectivity index (χ4v) is 10.7. The number of halogens is 6. The summed E-state index contributed by atoms with van der Waals surface area (Å²) in [5, 5.41) is 28.4. The molecule has 4 aliphatic rings. The zero-order chi connectivity index (χ0) is 55.1. The highest BCUT2D eigenvalue weighted by molar-refractivity contribution is 6.68. The lowest BCUT2D eigenvalue weighted by atomic mass is 9.44. The fraction of sp³-hybridized carbons (Fsp3) is 0.571. The van der Waals surface area contributed by atoms with Gasteiger partial charge >= 0.3 is 36.3 Å². The predicted molar refractivity (Wildman–Crippen MR) is 265 cm³/mol. The summed E-state index contributed by atoms with van der Waals surface area (Å²) in [6, 6.07) is 13.8. The van der Waals surface area contributed by atoms with Gasteiger partial charge in [0.25, 0.3) is 0 Å². The highest BCUT2D eigenvalue weighted by Crippen LogP contribution is 2.65. The minimum atomic E-state index is -2.66. The van der Waals surface area contributed by atoms with Crippen molar-refractivity contribution in [3.05, 3.63) is 82.9 Å². The number of ether oxygens (including phenoxy) is 9. The number of alkyl carbamates (subject to hydrolysis) is 1. The highest BCUT2D eigenvalue weighted by Gasteiger charge is 2.79. The van der Waals surface area contributed by atoms with E-state index in [0.29, 0.717) is 0 Å². The molecule has 74 heavy (non-hydrogen) atoms. The van der Waals surface area contributed by atoms with Crippen LogP contribution in [0, 0.1) is 16.7 Å². The molecule has 0 aromatic heterocycles. The first-order valence-corrected chi connectivity index (χ1v) is 25.2. The normalized spacial score (nSPS) is 29.2. The minimum absolute atomic E-state index is 0.0470. The van der Waals surface area contributed by atoms with Crippen molar-refractivity contribution in [2.75, 3.05) is 19.8 Å². The second kappa shape index (κ2) is 22.0. The monoisotopic (exact) mass is 1160 g/mol. The molecule has 19 nitrogen and oxygen atoms in total. The van der Waals surface area contributed by atoms with Crippen molar-refractivity contribution < 1.29 is 86.4 Å². The second-order valence-corrected chi connectivity index (χ2v) is 25.1. The van der Waals surface area contributed by atoms with E-state index in [1.54, 1.807) is 45.0 Å². The zero-order valence-electron chi connectivity index (χ0n) is 41.1. The Morgan fingerprint density at radius 1 is 0.838 bits per heavy atom. The molecule has 1 saturated heterocycles. The molecule has 3 aliphatic carbocycles. The van der Waals surface area contributed by atoms with Crippen LogP contribution in [-0.4, -0.2) is 133 Å². The standard InChI is InChI=1S/C49H55Cl6NO18/c1-24-28(69-39(61)33(58)32(26-15-11-9-12-16-26)56-40(62)74-43(3,4)5)20-47(65)37(72-38(60)27-17-13-10-14-18-27)35-45(8,36(59)34(31(24)44(47,6)7)71-42(64)68-23-49(53,54)55)29(70-41(63)67-22-48(50,51)52)19-30-46(35,21-66-30)73-25(2)57/h9-18,28-30,32-35,37,58,65H,19-23H2,1-8H3,(H,56,62)/t28-,29-,30+,32+,33+,34+,35-,37-,45+,46-,47+/m0/s1/i32+2. The number of esters is 3. The van der Waals surface area contributed by atoms with E-state index in [0.717, 1.165) is 6.92 Å². The number of aliphatic hydroxyl groups is 2. The van der Waals surface area contributed by atoms with Gasteiger partial charge in [-0.3, -0.25) is 9.59 Å². The first-order valence-electron chi connectivity index (χ1n) is 22.9. The average Bonchev–Trinajstić information content (AvgIpc) is 3.29. The maximum atomic E-state index is 16.3. The molecule has 1 heterocycles. The molecule has 3 N–H and O–H groups in total. The number of rotatable bonds is 12. The third-order valence-corrected chi connectivity index (χ3v) is 14.3. The fourth-order valence-electron chi connectivity index (χ4n) is 10.3. The molecule has 2 bridgehead atoms. The molecule has 1 aliphatic heterocycles. The Morgan fingerprint density at radius 2 is 1.39 bits per heavy atom. The van der Waals surface area contributed by atoms with Crippen LogP contribution in [0.2, 0.25) is 0 Å². The summed E-state index contributed by atoms with van der Waals surface area (Å²) < 4.78 is 47.9. The first-order chi connectivity index (χ1) is 34.1. The van der Waals surface area contributed by atoms with Crippen molar-refractivity contribution in [2.45, 2.75) is 135 Å². The Balaban J connectivity index is 1.61. The summed E-state index contributed by atoms with van der Waals surface area (Å²) in [5.74, 6) is -6.38. The molecule has 406 valence electrons. The number of carbonyl (C=O) groups is 7. The number of ketones is 1. The van der Waals surface area contributed by atoms with Crippen LogP contribution in [0.1, 0.15) is 90.2 Å². The van der Waals surface area contributed by atoms with Crippen LogP contribution in [0.25, 0.3) is 0 Å². The summed E-state index contributed by atoms with van der Waals surface area (Å²) in [6.45, 7) is 9.11. The lowest BCUT2D eigenvalue weighted by Gasteiger charge is -2.67. The number of carbonyl (C=O) groups excluding carboxylic acids is 7. The van der Waals surface area contributed by atoms with Crippen LogP contribution in [0.5, 0.6) is 0 Å². The van der Waals surface area contributed by atoms with Crippen LogP contribution in [0.15, 0.2) is 71.8 Å². The Bertz CT molecular complexity index is 2510. The van der Waals surface area contributed by atoms with Gasteiger partial charge in [-0.25, -0.2) is 24.0 Å². The van der Waals surface area contributed by atoms with Crippen molar-refractivity contribution in [3.63, 3.8) is 0 Å². The van der Waals surface area contributed by atoms with Gasteiger partial charge in [-0.05, 0) is 63.5 Å². The van der Waals surface area contributed by atoms with Gasteiger partial charge in [0.15, 0.2) is 23.6 Å². The van der Waals surface area contributed by atoms with Gasteiger partial charge in [0.05, 0.1) is 29.5 Å². The number of alkyl halides is 6. The van der Waals surface area contributed by atoms with E-state index >= 15 is 4.79 Å². The Kier molecular flexibility index (Phi) is 17.5. The van der Waals surface area contributed by atoms with E-state index in [1.807, 2.05) is 0 Å². The van der Waals surface area contributed by atoms with E-state index in [-0.39, 0.29) is 22.3 Å². The molecule has 0 unspecified atom stereocenters. The smallest absolute Gasteiger partial charge is 0.456 e. The van der Waals surface area contributed by atoms with Crippen molar-refractivity contribution in [2.24, 2.45) is 16.7 Å². The average molecular weight is 1160 g/mol. The zero-order valence-corrected chi connectivity index (χ0v) is 45.7. The van der Waals surface area contributed by atoms with Crippen LogP contribution >= 0.6 is 69.6 Å². The number of hydrogen-bond donors (Lipinski definition) is 3. The van der Waals surface area contributed by atoms with Crippen molar-refractivity contribution in [1.29, 1.82) is 0 Å². The van der Waals surface area contributed by atoms with Crippen LogP contribution in [0.3, 0.4) is 0 Å². The van der Waals surface area contributed by atoms with Gasteiger partial charge in [-0.1, -0.05) is 132 Å². The number of amides is 1. The molecular weight excluding hydrogens is 1110 g/mol. The van der Waals surface area contributed by atoms with Gasteiger partial charge in [0, 0.05) is 25.2 Å². The van der Waals surface area contributed by atoms with Crippen LogP contribution in [0.4, 0.5) is 14.4 Å². The molecule has 0 spiro atoms. The van der Waals surface area contributed by atoms with Crippen molar-refractivity contribution >= 4 is 112 Å². The SMILES string of the molecule is CC(=O)O[C@@]12CO[C@@H]1C[C@H](OC(=O)OCC(Cl)(Cl)Cl)[C@@]1(C)C(=O)[C@H](OC(=O)OCC(Cl)(Cl)Cl)C3=C(C)[C@@H](OC(=O)[C@H](O)[14C@H](NC(=O)OC(C)(C)C)c4ccccc4)C[C@@](O)([C@@H](OC(=O)c4ccccc4)[C@H]21)C3(C)C. The lowest BCUT2D eigenvalue weighted by molar-refractivity contribution is -0.346. The second-order valence-electron chi connectivity index (χ2n) is 20.1. The summed E-state index contributed by atoms with van der Waals surface area (Å²) in [5.41, 5.74) is -10.2. The molecule has 2 aromatic carbocycles. The number of fused-ring (bicyclic) bond motifs is 5. The summed E-state index contributed by atoms with van der Waals surface area (Å²) in [4.78, 5) is 99.4. The number of benzene rings is 2. The molecule has 25 heteroatoms. The Hall–Kier alpha value is -4.31. The molecule has 1 amide bonds. The number of Topliss-reactive ketones (excluding diaryl/α,β-unsaturated/α-hetero) is 1. The number of nitrogens with one attached hydrogen (secondary N) is 1. The van der Waals surface area contributed by atoms with Gasteiger partial charge in [0.1, 0.15) is 48.8 Å². The van der Waals surface area contributed by atoms with Gasteiger partial charge < -0.3 is 58.2 Å². The van der Waals surface area contributed by atoms with Crippen molar-refractivity contribution in [1.82, 2.24) is 5.32 Å². The summed E-state index contributed by atoms with van der Waals surface area (Å²) in [7, 11) is 0. The summed E-state index contributed by atoms with van der Waals surface area (Å²) in [6.07, 6.45) is -16.6.